The van der Waals surface area contributed by atoms with E-state index >= 15 is 0 Å². The van der Waals surface area contributed by atoms with Gasteiger partial charge in [0, 0.05) is 14.1 Å². The van der Waals surface area contributed by atoms with Crippen LogP contribution in [0.15, 0.2) is 59.8 Å². The smallest absolute Gasteiger partial charge is 0.242 e. The first kappa shape index (κ1) is 16.4. The van der Waals surface area contributed by atoms with Crippen molar-refractivity contribution in [2.45, 2.75) is 11.5 Å². The number of sulfonamides is 1. The van der Waals surface area contributed by atoms with E-state index < -0.39 is 10.0 Å². The number of fused-ring (bicyclic) bond motifs is 1. The van der Waals surface area contributed by atoms with E-state index in [1.807, 2.05) is 30.3 Å². The third-order valence-corrected chi connectivity index (χ3v) is 5.37. The summed E-state index contributed by atoms with van der Waals surface area (Å²) < 4.78 is 31.4. The van der Waals surface area contributed by atoms with Crippen LogP contribution in [0.3, 0.4) is 0 Å². The lowest BCUT2D eigenvalue weighted by Crippen LogP contribution is -2.22. The molecule has 0 aliphatic heterocycles. The fraction of sp³-hybridized carbons (Fsp3) is 0.176. The van der Waals surface area contributed by atoms with Crippen LogP contribution in [0.4, 0.5) is 0 Å². The third-order valence-electron chi connectivity index (χ3n) is 3.56. The van der Waals surface area contributed by atoms with Crippen molar-refractivity contribution in [2.75, 3.05) is 14.1 Å². The molecule has 0 spiro atoms. The molecule has 2 aromatic carbocycles. The van der Waals surface area contributed by atoms with Gasteiger partial charge in [0.1, 0.15) is 12.9 Å². The maximum Gasteiger partial charge on any atom is 0.242 e. The molecule has 3 aromatic rings. The largest absolute Gasteiger partial charge is 0.472 e. The van der Waals surface area contributed by atoms with Gasteiger partial charge in [-0.2, -0.15) is 0 Å². The van der Waals surface area contributed by atoms with Crippen LogP contribution in [0.1, 0.15) is 5.56 Å². The minimum atomic E-state index is -3.46. The van der Waals surface area contributed by atoms with E-state index in [2.05, 4.69) is 9.97 Å². The van der Waals surface area contributed by atoms with Crippen molar-refractivity contribution in [1.29, 1.82) is 0 Å². The van der Waals surface area contributed by atoms with Gasteiger partial charge in [-0.3, -0.25) is 0 Å². The van der Waals surface area contributed by atoms with Gasteiger partial charge in [-0.05, 0) is 29.8 Å². The first-order valence-corrected chi connectivity index (χ1v) is 8.76. The molecule has 7 heteroatoms. The van der Waals surface area contributed by atoms with Crippen LogP contribution in [0.2, 0.25) is 0 Å². The van der Waals surface area contributed by atoms with Crippen molar-refractivity contribution in [3.63, 3.8) is 0 Å². The normalized spacial score (nSPS) is 11.8. The Hall–Kier alpha value is -2.51. The molecule has 0 atom stereocenters. The Morgan fingerprint density at radius 2 is 1.83 bits per heavy atom. The minimum absolute atomic E-state index is 0.220. The number of ether oxygens (including phenoxy) is 1. The minimum Gasteiger partial charge on any atom is -0.472 e. The van der Waals surface area contributed by atoms with E-state index in [0.717, 1.165) is 16.5 Å². The van der Waals surface area contributed by atoms with Crippen molar-refractivity contribution in [3.05, 3.63) is 60.4 Å². The predicted octanol–water partition coefficient (Wildman–Crippen LogP) is 2.46. The number of rotatable bonds is 5. The highest BCUT2D eigenvalue weighted by Gasteiger charge is 2.17. The first-order chi connectivity index (χ1) is 11.5. The van der Waals surface area contributed by atoms with Crippen molar-refractivity contribution < 1.29 is 13.2 Å². The zero-order valence-corrected chi connectivity index (χ0v) is 14.2. The van der Waals surface area contributed by atoms with Gasteiger partial charge in [0.05, 0.1) is 15.8 Å². The van der Waals surface area contributed by atoms with Gasteiger partial charge < -0.3 is 4.74 Å². The summed E-state index contributed by atoms with van der Waals surface area (Å²) in [6.07, 6.45) is 1.45. The van der Waals surface area contributed by atoms with E-state index in [9.17, 15) is 8.42 Å². The molecule has 1 heterocycles. The lowest BCUT2D eigenvalue weighted by Gasteiger charge is -2.13. The summed E-state index contributed by atoms with van der Waals surface area (Å²) >= 11 is 0. The fourth-order valence-corrected chi connectivity index (χ4v) is 3.23. The SMILES string of the molecule is CN(C)S(=O)(=O)c1cccc(COc2ncnc3ccccc23)c1. The summed E-state index contributed by atoms with van der Waals surface area (Å²) in [7, 11) is -0.454. The van der Waals surface area contributed by atoms with E-state index in [1.54, 1.807) is 18.2 Å². The van der Waals surface area contributed by atoms with E-state index in [-0.39, 0.29) is 11.5 Å². The second-order valence-electron chi connectivity index (χ2n) is 5.42. The zero-order chi connectivity index (χ0) is 17.2. The molecule has 24 heavy (non-hydrogen) atoms. The molecule has 0 aliphatic rings. The lowest BCUT2D eigenvalue weighted by atomic mass is 10.2. The fourth-order valence-electron chi connectivity index (χ4n) is 2.25. The number of nitrogens with zero attached hydrogens (tertiary/aromatic N) is 3. The highest BCUT2D eigenvalue weighted by Crippen LogP contribution is 2.22. The van der Waals surface area contributed by atoms with Gasteiger partial charge in [-0.1, -0.05) is 24.3 Å². The van der Waals surface area contributed by atoms with Crippen LogP contribution in [0.25, 0.3) is 10.9 Å². The molecule has 124 valence electrons. The maximum atomic E-state index is 12.2. The predicted molar refractivity (Wildman–Crippen MR) is 91.2 cm³/mol. The molecule has 0 radical (unpaired) electrons. The summed E-state index contributed by atoms with van der Waals surface area (Å²) in [5, 5.41) is 0.817. The molecule has 0 fully saturated rings. The van der Waals surface area contributed by atoms with Crippen molar-refractivity contribution in [3.8, 4) is 5.88 Å². The third kappa shape index (κ3) is 3.22. The molecule has 6 nitrogen and oxygen atoms in total. The molecular weight excluding hydrogens is 326 g/mol. The van der Waals surface area contributed by atoms with Crippen molar-refractivity contribution >= 4 is 20.9 Å². The van der Waals surface area contributed by atoms with E-state index in [0.29, 0.717) is 5.88 Å². The van der Waals surface area contributed by atoms with Crippen molar-refractivity contribution in [1.82, 2.24) is 14.3 Å². The second-order valence-corrected chi connectivity index (χ2v) is 7.57. The molecule has 0 aliphatic carbocycles. The topological polar surface area (TPSA) is 72.4 Å². The number of hydrogen-bond donors (Lipinski definition) is 0. The Kier molecular flexibility index (Phi) is 4.46. The molecule has 0 bridgehead atoms. The Labute approximate surface area is 140 Å². The quantitative estimate of drug-likeness (QED) is 0.711. The van der Waals surface area contributed by atoms with Crippen LogP contribution in [0, 0.1) is 0 Å². The Morgan fingerprint density at radius 1 is 1.04 bits per heavy atom. The average Bonchev–Trinajstić information content (AvgIpc) is 2.60. The van der Waals surface area contributed by atoms with Crippen LogP contribution in [-0.4, -0.2) is 36.8 Å². The van der Waals surface area contributed by atoms with E-state index in [4.69, 9.17) is 4.74 Å². The summed E-state index contributed by atoms with van der Waals surface area (Å²) in [5.41, 5.74) is 1.55. The molecular formula is C17H17N3O3S. The monoisotopic (exact) mass is 343 g/mol. The van der Waals surface area contributed by atoms with E-state index in [1.165, 1.54) is 24.7 Å². The standard InChI is InChI=1S/C17H17N3O3S/c1-20(2)24(21,22)14-7-5-6-13(10-14)11-23-17-15-8-3-4-9-16(15)18-12-19-17/h3-10,12H,11H2,1-2H3. The molecule has 0 amide bonds. The van der Waals surface area contributed by atoms with Gasteiger partial charge in [0.25, 0.3) is 0 Å². The summed E-state index contributed by atoms with van der Waals surface area (Å²) in [5.74, 6) is 0.474. The molecule has 1 aromatic heterocycles. The number of para-hydroxylation sites is 1. The molecule has 0 saturated carbocycles. The van der Waals surface area contributed by atoms with Gasteiger partial charge in [-0.15, -0.1) is 0 Å². The second kappa shape index (κ2) is 6.54. The Morgan fingerprint density at radius 3 is 2.62 bits per heavy atom. The van der Waals surface area contributed by atoms with Gasteiger partial charge in [0.2, 0.25) is 15.9 Å². The Bertz CT molecular complexity index is 966. The maximum absolute atomic E-state index is 12.2. The first-order valence-electron chi connectivity index (χ1n) is 7.32. The summed E-state index contributed by atoms with van der Waals surface area (Å²) in [4.78, 5) is 8.59. The summed E-state index contributed by atoms with van der Waals surface area (Å²) in [6.45, 7) is 0.220. The van der Waals surface area contributed by atoms with Crippen LogP contribution >= 0.6 is 0 Å². The Balaban J connectivity index is 1.85. The molecule has 0 saturated heterocycles. The zero-order valence-electron chi connectivity index (χ0n) is 13.4. The summed E-state index contributed by atoms with van der Waals surface area (Å²) in [6, 6.07) is 14.3. The highest BCUT2D eigenvalue weighted by atomic mass is 32.2. The number of benzene rings is 2. The highest BCUT2D eigenvalue weighted by molar-refractivity contribution is 7.89. The van der Waals surface area contributed by atoms with Crippen LogP contribution in [0.5, 0.6) is 5.88 Å². The average molecular weight is 343 g/mol. The number of hydrogen-bond acceptors (Lipinski definition) is 5. The number of aromatic nitrogens is 2. The molecule has 0 N–H and O–H groups in total. The van der Waals surface area contributed by atoms with Gasteiger partial charge in [0.15, 0.2) is 0 Å². The molecule has 0 unspecified atom stereocenters. The van der Waals surface area contributed by atoms with Crippen LogP contribution < -0.4 is 4.74 Å². The lowest BCUT2D eigenvalue weighted by molar-refractivity contribution is 0.297. The van der Waals surface area contributed by atoms with Crippen molar-refractivity contribution in [2.24, 2.45) is 0 Å². The molecule has 3 rings (SSSR count). The van der Waals surface area contributed by atoms with Gasteiger partial charge >= 0.3 is 0 Å². The van der Waals surface area contributed by atoms with Crippen LogP contribution in [-0.2, 0) is 16.6 Å². The van der Waals surface area contributed by atoms with Gasteiger partial charge in [-0.25, -0.2) is 22.7 Å².